The van der Waals surface area contributed by atoms with Gasteiger partial charge in [0, 0.05) is 25.8 Å². The van der Waals surface area contributed by atoms with Crippen LogP contribution in [0.3, 0.4) is 0 Å². The minimum Gasteiger partial charge on any atom is -0.356 e. The van der Waals surface area contributed by atoms with Gasteiger partial charge >= 0.3 is 0 Å². The van der Waals surface area contributed by atoms with Gasteiger partial charge in [0.1, 0.15) is 5.82 Å². The first kappa shape index (κ1) is 14.1. The number of nitrogens with zero attached hydrogens (tertiary/aromatic N) is 3. The van der Waals surface area contributed by atoms with Crippen LogP contribution in [-0.4, -0.2) is 29.6 Å². The topological polar surface area (TPSA) is 41.1 Å². The van der Waals surface area contributed by atoms with Crippen molar-refractivity contribution < 1.29 is 0 Å². The molecule has 0 saturated carbocycles. The quantitative estimate of drug-likeness (QED) is 0.884. The van der Waals surface area contributed by atoms with E-state index in [0.717, 1.165) is 37.3 Å². The lowest BCUT2D eigenvalue weighted by molar-refractivity contribution is 0.435. The fourth-order valence-electron chi connectivity index (χ4n) is 2.86. The van der Waals surface area contributed by atoms with Gasteiger partial charge in [0.15, 0.2) is 0 Å². The third kappa shape index (κ3) is 4.08. The average molecular weight is 262 g/mol. The first-order valence-corrected chi connectivity index (χ1v) is 7.65. The summed E-state index contributed by atoms with van der Waals surface area (Å²) in [5.41, 5.74) is 0. The molecule has 1 aliphatic rings. The lowest BCUT2D eigenvalue weighted by Crippen LogP contribution is -2.25. The molecule has 4 nitrogen and oxygen atoms in total. The zero-order valence-corrected chi connectivity index (χ0v) is 12.2. The number of anilines is 2. The lowest BCUT2D eigenvalue weighted by atomic mass is 9.96. The zero-order valence-electron chi connectivity index (χ0n) is 12.2. The molecule has 1 saturated heterocycles. The van der Waals surface area contributed by atoms with Crippen LogP contribution in [-0.2, 0) is 0 Å². The molecule has 1 N–H and O–H groups in total. The van der Waals surface area contributed by atoms with Gasteiger partial charge in [-0.25, -0.2) is 4.98 Å². The van der Waals surface area contributed by atoms with Crippen molar-refractivity contribution in [1.29, 1.82) is 0 Å². The summed E-state index contributed by atoms with van der Waals surface area (Å²) in [6.45, 7) is 7.48. The highest BCUT2D eigenvalue weighted by Crippen LogP contribution is 2.24. The fraction of sp³-hybridized carbons (Fsp3) is 0.733. The van der Waals surface area contributed by atoms with Crippen molar-refractivity contribution in [1.82, 2.24) is 9.97 Å². The van der Waals surface area contributed by atoms with E-state index in [9.17, 15) is 0 Å². The van der Waals surface area contributed by atoms with Gasteiger partial charge in [-0.2, -0.15) is 4.98 Å². The Bertz CT molecular complexity index is 380. The van der Waals surface area contributed by atoms with E-state index in [1.807, 2.05) is 12.3 Å². The van der Waals surface area contributed by atoms with Crippen molar-refractivity contribution in [2.45, 2.75) is 46.0 Å². The molecule has 2 heterocycles. The molecular formula is C15H26N4. The maximum Gasteiger partial charge on any atom is 0.224 e. The number of nitrogens with one attached hydrogen (secondary N) is 1. The average Bonchev–Trinajstić information content (AvgIpc) is 2.66. The molecule has 1 aromatic heterocycles. The minimum atomic E-state index is 0.745. The number of hydrogen-bond donors (Lipinski definition) is 1. The first-order valence-electron chi connectivity index (χ1n) is 7.65. The van der Waals surface area contributed by atoms with E-state index in [2.05, 4.69) is 34.0 Å². The molecule has 1 atom stereocenters. The van der Waals surface area contributed by atoms with Crippen LogP contribution in [0.1, 0.15) is 46.0 Å². The Hall–Kier alpha value is -1.32. The molecule has 2 rings (SSSR count). The van der Waals surface area contributed by atoms with Gasteiger partial charge in [0.25, 0.3) is 0 Å². The third-order valence-electron chi connectivity index (χ3n) is 3.84. The summed E-state index contributed by atoms with van der Waals surface area (Å²) in [6.07, 6.45) is 8.49. The smallest absolute Gasteiger partial charge is 0.224 e. The van der Waals surface area contributed by atoms with Gasteiger partial charge < -0.3 is 10.2 Å². The van der Waals surface area contributed by atoms with E-state index in [-0.39, 0.29) is 0 Å². The van der Waals surface area contributed by atoms with Gasteiger partial charge in [-0.1, -0.05) is 19.8 Å². The number of hydrogen-bond acceptors (Lipinski definition) is 4. The van der Waals surface area contributed by atoms with Gasteiger partial charge in [-0.05, 0) is 38.2 Å². The van der Waals surface area contributed by atoms with Crippen LogP contribution >= 0.6 is 0 Å². The van der Waals surface area contributed by atoms with Gasteiger partial charge in [-0.15, -0.1) is 0 Å². The van der Waals surface area contributed by atoms with Crippen molar-refractivity contribution in [3.05, 3.63) is 12.3 Å². The molecule has 0 radical (unpaired) electrons. The predicted octanol–water partition coefficient (Wildman–Crippen LogP) is 3.32. The van der Waals surface area contributed by atoms with Crippen LogP contribution in [0.4, 0.5) is 11.8 Å². The maximum absolute atomic E-state index is 4.60. The highest BCUT2D eigenvalue weighted by molar-refractivity contribution is 5.42. The monoisotopic (exact) mass is 262 g/mol. The Morgan fingerprint density at radius 1 is 1.32 bits per heavy atom. The molecule has 0 aromatic carbocycles. The lowest BCUT2D eigenvalue weighted by Gasteiger charge is -2.22. The summed E-state index contributed by atoms with van der Waals surface area (Å²) in [6, 6.07) is 2.03. The largest absolute Gasteiger partial charge is 0.356 e. The number of aromatic nitrogens is 2. The molecule has 0 aliphatic carbocycles. The molecule has 19 heavy (non-hydrogen) atoms. The van der Waals surface area contributed by atoms with E-state index >= 15 is 0 Å². The Kier molecular flexibility index (Phi) is 5.43. The van der Waals surface area contributed by atoms with Crippen molar-refractivity contribution in [3.63, 3.8) is 0 Å². The van der Waals surface area contributed by atoms with Gasteiger partial charge in [-0.3, -0.25) is 0 Å². The van der Waals surface area contributed by atoms with E-state index in [1.54, 1.807) is 0 Å². The standard InChI is InChI=1S/C15H26N4/c1-3-6-13-7-5-11-19(12-9-13)14-8-10-17-15(18-14)16-4-2/h8,10,13H,3-7,9,11-12H2,1-2H3,(H,16,17,18). The van der Waals surface area contributed by atoms with Crippen LogP contribution < -0.4 is 10.2 Å². The summed E-state index contributed by atoms with van der Waals surface area (Å²) in [5.74, 6) is 2.72. The Morgan fingerprint density at radius 2 is 2.21 bits per heavy atom. The van der Waals surface area contributed by atoms with Crippen LogP contribution in [0.15, 0.2) is 12.3 Å². The van der Waals surface area contributed by atoms with Crippen molar-refractivity contribution in [2.75, 3.05) is 29.9 Å². The summed E-state index contributed by atoms with van der Waals surface area (Å²) >= 11 is 0. The SMILES string of the molecule is CCCC1CCCN(c2ccnc(NCC)n2)CC1. The second-order valence-corrected chi connectivity index (χ2v) is 5.34. The van der Waals surface area contributed by atoms with E-state index in [0.29, 0.717) is 0 Å². The van der Waals surface area contributed by atoms with Gasteiger partial charge in [0.05, 0.1) is 0 Å². The van der Waals surface area contributed by atoms with E-state index < -0.39 is 0 Å². The Balaban J connectivity index is 1.99. The van der Waals surface area contributed by atoms with Crippen LogP contribution in [0.25, 0.3) is 0 Å². The molecule has 1 aliphatic heterocycles. The van der Waals surface area contributed by atoms with Gasteiger partial charge in [0.2, 0.25) is 5.95 Å². The van der Waals surface area contributed by atoms with E-state index in [4.69, 9.17) is 0 Å². The molecular weight excluding hydrogens is 236 g/mol. The van der Waals surface area contributed by atoms with Crippen LogP contribution in [0.2, 0.25) is 0 Å². The predicted molar refractivity (Wildman–Crippen MR) is 80.7 cm³/mol. The third-order valence-corrected chi connectivity index (χ3v) is 3.84. The number of rotatable bonds is 5. The maximum atomic E-state index is 4.60. The molecule has 106 valence electrons. The molecule has 0 amide bonds. The highest BCUT2D eigenvalue weighted by atomic mass is 15.2. The summed E-state index contributed by atoms with van der Waals surface area (Å²) in [7, 11) is 0. The van der Waals surface area contributed by atoms with Crippen molar-refractivity contribution in [3.8, 4) is 0 Å². The summed E-state index contributed by atoms with van der Waals surface area (Å²) in [5, 5.41) is 3.18. The second kappa shape index (κ2) is 7.31. The van der Waals surface area contributed by atoms with E-state index in [1.165, 1.54) is 32.1 Å². The van der Waals surface area contributed by atoms with Crippen molar-refractivity contribution in [2.24, 2.45) is 5.92 Å². The molecule has 0 spiro atoms. The zero-order chi connectivity index (χ0) is 13.5. The molecule has 1 aromatic rings. The molecule has 4 heteroatoms. The highest BCUT2D eigenvalue weighted by Gasteiger charge is 2.17. The molecule has 1 unspecified atom stereocenters. The second-order valence-electron chi connectivity index (χ2n) is 5.34. The fourth-order valence-corrected chi connectivity index (χ4v) is 2.86. The Labute approximate surface area is 116 Å². The summed E-state index contributed by atoms with van der Waals surface area (Å²) < 4.78 is 0. The Morgan fingerprint density at radius 3 is 3.00 bits per heavy atom. The normalized spacial score (nSPS) is 20.1. The summed E-state index contributed by atoms with van der Waals surface area (Å²) in [4.78, 5) is 11.3. The minimum absolute atomic E-state index is 0.745. The molecule has 1 fully saturated rings. The van der Waals surface area contributed by atoms with Crippen LogP contribution in [0.5, 0.6) is 0 Å². The van der Waals surface area contributed by atoms with Crippen molar-refractivity contribution >= 4 is 11.8 Å². The van der Waals surface area contributed by atoms with Crippen LogP contribution in [0, 0.1) is 5.92 Å². The first-order chi connectivity index (χ1) is 9.33. The molecule has 0 bridgehead atoms.